The molecule has 0 bridgehead atoms. The Morgan fingerprint density at radius 2 is 1.61 bits per heavy atom. The van der Waals surface area contributed by atoms with Crippen molar-refractivity contribution in [1.29, 1.82) is 0 Å². The lowest BCUT2D eigenvalue weighted by Crippen LogP contribution is -2.13. The van der Waals surface area contributed by atoms with Crippen LogP contribution in [0.4, 0.5) is 0 Å². The van der Waals surface area contributed by atoms with E-state index in [1.54, 1.807) is 6.92 Å². The van der Waals surface area contributed by atoms with Crippen LogP contribution in [0.2, 0.25) is 0 Å². The van der Waals surface area contributed by atoms with Gasteiger partial charge in [0.15, 0.2) is 11.6 Å². The van der Waals surface area contributed by atoms with Gasteiger partial charge in [0, 0.05) is 11.1 Å². The fraction of sp³-hybridized carbons (Fsp3) is 0.519. The van der Waals surface area contributed by atoms with E-state index in [1.807, 2.05) is 26.8 Å². The van der Waals surface area contributed by atoms with Gasteiger partial charge in [-0.25, -0.2) is 0 Å². The lowest BCUT2D eigenvalue weighted by Gasteiger charge is -2.11. The van der Waals surface area contributed by atoms with Gasteiger partial charge in [0.2, 0.25) is 0 Å². The molecule has 170 valence electrons. The molecule has 0 fully saturated rings. The predicted octanol–water partition coefficient (Wildman–Crippen LogP) is 6.69. The molecule has 1 unspecified atom stereocenters. The Morgan fingerprint density at radius 1 is 0.935 bits per heavy atom. The SMILES string of the molecule is CC(C)=CCCC(CCC/C(C)=C/CC/C(C)=C/CC1=CC(=O)C=C(C)C1=O)C(=O)O. The Labute approximate surface area is 187 Å². The van der Waals surface area contributed by atoms with E-state index in [-0.39, 0.29) is 17.5 Å². The highest BCUT2D eigenvalue weighted by atomic mass is 16.4. The Morgan fingerprint density at radius 3 is 2.26 bits per heavy atom. The van der Waals surface area contributed by atoms with E-state index >= 15 is 0 Å². The first-order chi connectivity index (χ1) is 14.6. The zero-order valence-corrected chi connectivity index (χ0v) is 19.8. The molecule has 1 N–H and O–H groups in total. The Balaban J connectivity index is 2.39. The maximum atomic E-state index is 12.1. The number of carboxylic acid groups (broad SMARTS) is 1. The third kappa shape index (κ3) is 10.9. The van der Waals surface area contributed by atoms with E-state index in [9.17, 15) is 19.5 Å². The van der Waals surface area contributed by atoms with Crippen LogP contribution in [0.1, 0.15) is 86.0 Å². The van der Waals surface area contributed by atoms with Crippen molar-refractivity contribution in [1.82, 2.24) is 0 Å². The molecule has 0 amide bonds. The lowest BCUT2D eigenvalue weighted by molar-refractivity contribution is -0.142. The van der Waals surface area contributed by atoms with Gasteiger partial charge >= 0.3 is 5.97 Å². The van der Waals surface area contributed by atoms with Gasteiger partial charge in [-0.1, -0.05) is 34.9 Å². The maximum absolute atomic E-state index is 12.1. The molecule has 0 aromatic heterocycles. The van der Waals surface area contributed by atoms with Crippen LogP contribution in [0.3, 0.4) is 0 Å². The summed E-state index contributed by atoms with van der Waals surface area (Å²) in [4.78, 5) is 35.1. The number of Topliss-reactive ketones (excluding diaryl/α,β-unsaturated/α-hetero) is 1. The molecule has 4 heteroatoms. The molecule has 0 aromatic rings. The summed E-state index contributed by atoms with van der Waals surface area (Å²) in [5, 5.41) is 9.41. The molecule has 1 rings (SSSR count). The standard InChI is InChI=1S/C27H38O4/c1-19(2)9-6-13-23(27(30)31)14-8-12-20(3)10-7-11-21(4)15-16-24-18-25(28)17-22(5)26(24)29/h9-10,15,17-18,23H,6-8,11-14,16H2,1-5H3,(H,30,31)/b20-10+,21-15+. The Kier molecular flexibility index (Phi) is 11.8. The summed E-state index contributed by atoms with van der Waals surface area (Å²) >= 11 is 0. The van der Waals surface area contributed by atoms with Gasteiger partial charge in [0.25, 0.3) is 0 Å². The summed E-state index contributed by atoms with van der Waals surface area (Å²) in [5.41, 5.74) is 4.79. The van der Waals surface area contributed by atoms with Crippen LogP contribution in [0, 0.1) is 5.92 Å². The smallest absolute Gasteiger partial charge is 0.306 e. The number of aliphatic carboxylic acids is 1. The normalized spacial score (nSPS) is 16.0. The molecule has 0 saturated heterocycles. The van der Waals surface area contributed by atoms with Gasteiger partial charge in [-0.05, 0) is 98.1 Å². The van der Waals surface area contributed by atoms with E-state index in [0.717, 1.165) is 32.1 Å². The number of ketones is 2. The van der Waals surface area contributed by atoms with Gasteiger partial charge in [-0.15, -0.1) is 0 Å². The van der Waals surface area contributed by atoms with Crippen molar-refractivity contribution in [2.75, 3.05) is 0 Å². The number of allylic oxidation sites excluding steroid dienone is 10. The van der Waals surface area contributed by atoms with E-state index in [2.05, 4.69) is 19.1 Å². The number of carbonyl (C=O) groups excluding carboxylic acids is 2. The maximum Gasteiger partial charge on any atom is 0.306 e. The molecule has 1 aliphatic carbocycles. The largest absolute Gasteiger partial charge is 0.481 e. The van der Waals surface area contributed by atoms with Gasteiger partial charge in [-0.3, -0.25) is 14.4 Å². The van der Waals surface area contributed by atoms with Gasteiger partial charge in [0.05, 0.1) is 5.92 Å². The average Bonchev–Trinajstić information content (AvgIpc) is 2.68. The van der Waals surface area contributed by atoms with Crippen molar-refractivity contribution in [3.05, 3.63) is 58.2 Å². The van der Waals surface area contributed by atoms with Crippen molar-refractivity contribution in [2.45, 2.75) is 86.0 Å². The second-order valence-electron chi connectivity index (χ2n) is 8.86. The van der Waals surface area contributed by atoms with E-state index in [0.29, 0.717) is 30.4 Å². The van der Waals surface area contributed by atoms with Crippen molar-refractivity contribution < 1.29 is 19.5 Å². The third-order valence-electron chi connectivity index (χ3n) is 5.57. The quantitative estimate of drug-likeness (QED) is 0.263. The van der Waals surface area contributed by atoms with Gasteiger partial charge < -0.3 is 5.11 Å². The number of hydrogen-bond donors (Lipinski definition) is 1. The molecule has 0 saturated carbocycles. The molecule has 0 heterocycles. The Hall–Kier alpha value is -2.49. The fourth-order valence-corrected chi connectivity index (χ4v) is 3.59. The van der Waals surface area contributed by atoms with Crippen molar-refractivity contribution >= 4 is 17.5 Å². The van der Waals surface area contributed by atoms with Crippen LogP contribution in [0.5, 0.6) is 0 Å². The second kappa shape index (κ2) is 13.7. The highest BCUT2D eigenvalue weighted by Crippen LogP contribution is 2.20. The minimum Gasteiger partial charge on any atom is -0.481 e. The van der Waals surface area contributed by atoms with Gasteiger partial charge in [-0.2, -0.15) is 0 Å². The first-order valence-corrected chi connectivity index (χ1v) is 11.2. The van der Waals surface area contributed by atoms with Crippen LogP contribution in [0.25, 0.3) is 0 Å². The summed E-state index contributed by atoms with van der Waals surface area (Å²) in [6.45, 7) is 9.90. The summed E-state index contributed by atoms with van der Waals surface area (Å²) in [6.07, 6.45) is 15.5. The first-order valence-electron chi connectivity index (χ1n) is 11.2. The predicted molar refractivity (Wildman–Crippen MR) is 127 cm³/mol. The van der Waals surface area contributed by atoms with Crippen molar-refractivity contribution in [2.24, 2.45) is 5.92 Å². The third-order valence-corrected chi connectivity index (χ3v) is 5.57. The second-order valence-corrected chi connectivity index (χ2v) is 8.86. The van der Waals surface area contributed by atoms with Crippen LogP contribution < -0.4 is 0 Å². The van der Waals surface area contributed by atoms with Crippen LogP contribution in [0.15, 0.2) is 58.2 Å². The van der Waals surface area contributed by atoms with E-state index in [4.69, 9.17) is 0 Å². The number of rotatable bonds is 13. The average molecular weight is 427 g/mol. The minimum absolute atomic E-state index is 0.0418. The van der Waals surface area contributed by atoms with Gasteiger partial charge in [0.1, 0.15) is 0 Å². The molecule has 4 nitrogen and oxygen atoms in total. The lowest BCUT2D eigenvalue weighted by atomic mass is 9.93. The van der Waals surface area contributed by atoms with Crippen molar-refractivity contribution in [3.8, 4) is 0 Å². The van der Waals surface area contributed by atoms with Crippen LogP contribution in [-0.4, -0.2) is 22.6 Å². The molecule has 31 heavy (non-hydrogen) atoms. The van der Waals surface area contributed by atoms with E-state index in [1.165, 1.54) is 28.9 Å². The number of carbonyl (C=O) groups is 3. The molecular weight excluding hydrogens is 388 g/mol. The summed E-state index contributed by atoms with van der Waals surface area (Å²) < 4.78 is 0. The highest BCUT2D eigenvalue weighted by Gasteiger charge is 2.17. The van der Waals surface area contributed by atoms with E-state index < -0.39 is 5.97 Å². The van der Waals surface area contributed by atoms with Crippen LogP contribution in [-0.2, 0) is 14.4 Å². The first kappa shape index (κ1) is 26.5. The van der Waals surface area contributed by atoms with Crippen molar-refractivity contribution in [3.63, 3.8) is 0 Å². The monoisotopic (exact) mass is 426 g/mol. The summed E-state index contributed by atoms with van der Waals surface area (Å²) in [5.74, 6) is -1.11. The summed E-state index contributed by atoms with van der Waals surface area (Å²) in [7, 11) is 0. The highest BCUT2D eigenvalue weighted by molar-refractivity contribution is 6.20. The zero-order chi connectivity index (χ0) is 23.4. The topological polar surface area (TPSA) is 71.4 Å². The van der Waals surface area contributed by atoms with Crippen LogP contribution >= 0.6 is 0 Å². The zero-order valence-electron chi connectivity index (χ0n) is 19.8. The number of carboxylic acids is 1. The number of hydrogen-bond acceptors (Lipinski definition) is 3. The molecule has 0 spiro atoms. The minimum atomic E-state index is -0.691. The molecule has 0 aliphatic heterocycles. The molecule has 1 atom stereocenters. The summed E-state index contributed by atoms with van der Waals surface area (Å²) in [6, 6.07) is 0. The molecule has 0 radical (unpaired) electrons. The fourth-order valence-electron chi connectivity index (χ4n) is 3.59. The Bertz CT molecular complexity index is 814. The molecule has 1 aliphatic rings. The molecule has 0 aromatic carbocycles. The molecular formula is C27H38O4.